The highest BCUT2D eigenvalue weighted by Crippen LogP contribution is 2.26. The topological polar surface area (TPSA) is 72.3 Å². The number of hydrogen-bond acceptors (Lipinski definition) is 2. The largest absolute Gasteiger partial charge is 0.478 e. The average molecular weight is 251 g/mol. The SMILES string of the molecule is CCc1cc(C(=O)O)c(CC)c(CC)c1CC.N. The molecule has 18 heavy (non-hydrogen) atoms. The lowest BCUT2D eigenvalue weighted by Crippen LogP contribution is -2.10. The minimum Gasteiger partial charge on any atom is -0.478 e. The molecule has 0 aliphatic rings. The van der Waals surface area contributed by atoms with E-state index in [0.29, 0.717) is 5.56 Å². The smallest absolute Gasteiger partial charge is 0.335 e. The van der Waals surface area contributed by atoms with Crippen molar-refractivity contribution in [3.63, 3.8) is 0 Å². The Hall–Kier alpha value is -1.35. The van der Waals surface area contributed by atoms with Crippen molar-refractivity contribution < 1.29 is 9.90 Å². The maximum absolute atomic E-state index is 11.3. The first kappa shape index (κ1) is 16.6. The van der Waals surface area contributed by atoms with E-state index in [1.165, 1.54) is 16.7 Å². The molecule has 0 bridgehead atoms. The standard InChI is InChI=1S/C15H22O2.H3N/c1-5-10-9-14(15(16)17)13(8-4)12(7-3)11(10)6-2;/h9H,5-8H2,1-4H3,(H,16,17);1H3. The van der Waals surface area contributed by atoms with Crippen LogP contribution in [0.1, 0.15) is 60.3 Å². The van der Waals surface area contributed by atoms with Crippen molar-refractivity contribution in [1.29, 1.82) is 0 Å². The average Bonchev–Trinajstić information content (AvgIpc) is 2.35. The molecule has 0 amide bonds. The number of carboxylic acid groups (broad SMARTS) is 1. The van der Waals surface area contributed by atoms with Crippen molar-refractivity contribution in [2.75, 3.05) is 0 Å². The quantitative estimate of drug-likeness (QED) is 0.836. The van der Waals surface area contributed by atoms with Crippen LogP contribution in [-0.4, -0.2) is 11.1 Å². The molecule has 0 fully saturated rings. The van der Waals surface area contributed by atoms with Gasteiger partial charge in [-0.25, -0.2) is 4.79 Å². The summed E-state index contributed by atoms with van der Waals surface area (Å²) in [7, 11) is 0. The Morgan fingerprint density at radius 3 is 1.78 bits per heavy atom. The van der Waals surface area contributed by atoms with Crippen molar-refractivity contribution >= 4 is 5.97 Å². The van der Waals surface area contributed by atoms with E-state index in [1.54, 1.807) is 0 Å². The molecule has 0 unspecified atom stereocenters. The summed E-state index contributed by atoms with van der Waals surface area (Å²) in [6.45, 7) is 8.38. The zero-order valence-electron chi connectivity index (χ0n) is 12.0. The monoisotopic (exact) mass is 251 g/mol. The van der Waals surface area contributed by atoms with Gasteiger partial charge in [0.15, 0.2) is 0 Å². The maximum Gasteiger partial charge on any atom is 0.335 e. The number of aryl methyl sites for hydroxylation is 1. The molecular weight excluding hydrogens is 226 g/mol. The molecule has 1 rings (SSSR count). The van der Waals surface area contributed by atoms with Gasteiger partial charge in [-0.15, -0.1) is 0 Å². The zero-order chi connectivity index (χ0) is 13.0. The second-order valence-electron chi connectivity index (χ2n) is 4.24. The lowest BCUT2D eigenvalue weighted by molar-refractivity contribution is 0.0695. The van der Waals surface area contributed by atoms with Crippen LogP contribution in [0.5, 0.6) is 0 Å². The van der Waals surface area contributed by atoms with Crippen LogP contribution in [-0.2, 0) is 25.7 Å². The fraction of sp³-hybridized carbons (Fsp3) is 0.533. The fourth-order valence-electron chi connectivity index (χ4n) is 2.66. The van der Waals surface area contributed by atoms with Gasteiger partial charge in [-0.3, -0.25) is 0 Å². The first-order valence-electron chi connectivity index (χ1n) is 6.50. The Kier molecular flexibility index (Phi) is 6.63. The molecule has 3 nitrogen and oxygen atoms in total. The van der Waals surface area contributed by atoms with E-state index in [4.69, 9.17) is 0 Å². The molecular formula is C15H25NO2. The number of rotatable bonds is 5. The Morgan fingerprint density at radius 1 is 0.944 bits per heavy atom. The molecule has 1 aromatic rings. The van der Waals surface area contributed by atoms with Crippen molar-refractivity contribution in [3.05, 3.63) is 33.9 Å². The van der Waals surface area contributed by atoms with E-state index in [9.17, 15) is 9.90 Å². The second-order valence-corrected chi connectivity index (χ2v) is 4.24. The molecule has 0 spiro atoms. The normalized spacial score (nSPS) is 10.0. The Labute approximate surface area is 110 Å². The molecule has 0 radical (unpaired) electrons. The van der Waals surface area contributed by atoms with E-state index >= 15 is 0 Å². The first-order valence-corrected chi connectivity index (χ1v) is 6.50. The summed E-state index contributed by atoms with van der Waals surface area (Å²) >= 11 is 0. The molecule has 1 aromatic carbocycles. The van der Waals surface area contributed by atoms with Crippen molar-refractivity contribution in [3.8, 4) is 0 Å². The Morgan fingerprint density at radius 2 is 1.44 bits per heavy atom. The van der Waals surface area contributed by atoms with Gasteiger partial charge >= 0.3 is 5.97 Å². The lowest BCUT2D eigenvalue weighted by Gasteiger charge is -2.18. The zero-order valence-corrected chi connectivity index (χ0v) is 12.0. The van der Waals surface area contributed by atoms with E-state index in [1.807, 2.05) is 13.0 Å². The third-order valence-corrected chi connectivity index (χ3v) is 3.43. The molecule has 0 aliphatic carbocycles. The summed E-state index contributed by atoms with van der Waals surface area (Å²) in [6, 6.07) is 1.87. The Bertz CT molecular complexity index is 425. The lowest BCUT2D eigenvalue weighted by atomic mass is 9.87. The predicted molar refractivity (Wildman–Crippen MR) is 75.9 cm³/mol. The minimum atomic E-state index is -0.797. The van der Waals surface area contributed by atoms with Crippen molar-refractivity contribution in [2.45, 2.75) is 53.4 Å². The van der Waals surface area contributed by atoms with Crippen LogP contribution in [0.25, 0.3) is 0 Å². The number of benzene rings is 1. The van der Waals surface area contributed by atoms with Gasteiger partial charge in [-0.1, -0.05) is 27.7 Å². The van der Waals surface area contributed by atoms with E-state index in [-0.39, 0.29) is 6.15 Å². The van der Waals surface area contributed by atoms with Crippen LogP contribution in [0.2, 0.25) is 0 Å². The molecule has 0 aromatic heterocycles. The van der Waals surface area contributed by atoms with E-state index < -0.39 is 5.97 Å². The van der Waals surface area contributed by atoms with E-state index in [2.05, 4.69) is 20.8 Å². The van der Waals surface area contributed by atoms with Crippen molar-refractivity contribution in [1.82, 2.24) is 6.15 Å². The molecule has 0 aliphatic heterocycles. The molecule has 102 valence electrons. The number of carboxylic acids is 1. The first-order chi connectivity index (χ1) is 8.10. The third kappa shape index (κ3) is 2.91. The van der Waals surface area contributed by atoms with Gasteiger partial charge in [0.05, 0.1) is 5.56 Å². The number of carbonyl (C=O) groups is 1. The van der Waals surface area contributed by atoms with Crippen LogP contribution >= 0.6 is 0 Å². The maximum atomic E-state index is 11.3. The highest BCUT2D eigenvalue weighted by Gasteiger charge is 2.17. The van der Waals surface area contributed by atoms with Crippen LogP contribution in [0.15, 0.2) is 6.07 Å². The minimum absolute atomic E-state index is 0. The van der Waals surface area contributed by atoms with Crippen molar-refractivity contribution in [2.24, 2.45) is 0 Å². The van der Waals surface area contributed by atoms with Crippen LogP contribution in [0, 0.1) is 0 Å². The third-order valence-electron chi connectivity index (χ3n) is 3.43. The predicted octanol–water partition coefficient (Wildman–Crippen LogP) is 3.80. The second kappa shape index (κ2) is 7.17. The van der Waals surface area contributed by atoms with Gasteiger partial charge in [0.25, 0.3) is 0 Å². The molecule has 0 saturated heterocycles. The molecule has 4 N–H and O–H groups in total. The van der Waals surface area contributed by atoms with Gasteiger partial charge in [-0.05, 0) is 54.0 Å². The molecule has 3 heteroatoms. The number of hydrogen-bond donors (Lipinski definition) is 2. The summed E-state index contributed by atoms with van der Waals surface area (Å²) < 4.78 is 0. The van der Waals surface area contributed by atoms with Crippen LogP contribution < -0.4 is 6.15 Å². The number of aromatic carboxylic acids is 1. The molecule has 0 atom stereocenters. The summed E-state index contributed by atoms with van der Waals surface area (Å²) in [5.41, 5.74) is 5.33. The van der Waals surface area contributed by atoms with Gasteiger partial charge in [0.1, 0.15) is 0 Å². The summed E-state index contributed by atoms with van der Waals surface area (Å²) in [5, 5.41) is 9.30. The summed E-state index contributed by atoms with van der Waals surface area (Å²) in [4.78, 5) is 11.3. The van der Waals surface area contributed by atoms with Crippen LogP contribution in [0.3, 0.4) is 0 Å². The van der Waals surface area contributed by atoms with E-state index in [0.717, 1.165) is 31.2 Å². The fourth-order valence-corrected chi connectivity index (χ4v) is 2.66. The van der Waals surface area contributed by atoms with Gasteiger partial charge < -0.3 is 11.3 Å². The Balaban J connectivity index is 0.00000289. The van der Waals surface area contributed by atoms with Gasteiger partial charge in [-0.2, -0.15) is 0 Å². The highest BCUT2D eigenvalue weighted by atomic mass is 16.4. The van der Waals surface area contributed by atoms with Gasteiger partial charge in [0, 0.05) is 0 Å². The molecule has 0 saturated carbocycles. The van der Waals surface area contributed by atoms with Crippen LogP contribution in [0.4, 0.5) is 0 Å². The molecule has 0 heterocycles. The summed E-state index contributed by atoms with van der Waals surface area (Å²) in [5.74, 6) is -0.797. The highest BCUT2D eigenvalue weighted by molar-refractivity contribution is 5.90. The van der Waals surface area contributed by atoms with Gasteiger partial charge in [0.2, 0.25) is 0 Å². The summed E-state index contributed by atoms with van der Waals surface area (Å²) in [6.07, 6.45) is 3.60.